The van der Waals surface area contributed by atoms with Gasteiger partial charge in [0.2, 0.25) is 0 Å². The lowest BCUT2D eigenvalue weighted by Crippen LogP contribution is -2.30. The van der Waals surface area contributed by atoms with Crippen LogP contribution >= 0.6 is 0 Å². The van der Waals surface area contributed by atoms with Crippen LogP contribution in [0.25, 0.3) is 0 Å². The fourth-order valence-electron chi connectivity index (χ4n) is 1.47. The Hall–Kier alpha value is -0.120. The van der Waals surface area contributed by atoms with Crippen LogP contribution in [0, 0.1) is 0 Å². The number of hydrogen-bond donors (Lipinski definition) is 2. The van der Waals surface area contributed by atoms with Gasteiger partial charge in [-0.05, 0) is 25.7 Å². The Kier molecular flexibility index (Phi) is 3.83. The van der Waals surface area contributed by atoms with Gasteiger partial charge in [0.15, 0.2) is 0 Å². The molecule has 0 aliphatic heterocycles. The maximum Gasteiger partial charge on any atom is 0.0701 e. The van der Waals surface area contributed by atoms with Crippen molar-refractivity contribution in [3.8, 4) is 0 Å². The number of hydrogen-bond acceptors (Lipinski definition) is 3. The van der Waals surface area contributed by atoms with E-state index in [0.29, 0.717) is 18.8 Å². The molecule has 66 valence electrons. The molecule has 3 heteroatoms. The summed E-state index contributed by atoms with van der Waals surface area (Å²) in [5, 5.41) is 8.50. The minimum atomic E-state index is 0.128. The zero-order valence-corrected chi connectivity index (χ0v) is 6.83. The smallest absolute Gasteiger partial charge is 0.0701 e. The lowest BCUT2D eigenvalue weighted by molar-refractivity contribution is 0.00623. The maximum absolute atomic E-state index is 8.50. The highest BCUT2D eigenvalue weighted by Crippen LogP contribution is 2.19. The van der Waals surface area contributed by atoms with E-state index in [4.69, 9.17) is 15.6 Å². The Bertz CT molecular complexity index is 97.5. The Morgan fingerprint density at radius 3 is 2.45 bits per heavy atom. The zero-order chi connectivity index (χ0) is 8.10. The third-order valence-electron chi connectivity index (χ3n) is 2.16. The molecule has 3 N–H and O–H groups in total. The van der Waals surface area contributed by atoms with Gasteiger partial charge in [-0.25, -0.2) is 0 Å². The molecule has 0 heterocycles. The largest absolute Gasteiger partial charge is 0.394 e. The van der Waals surface area contributed by atoms with Gasteiger partial charge in [0, 0.05) is 6.04 Å². The third kappa shape index (κ3) is 3.18. The normalized spacial score (nSPS) is 32.2. The summed E-state index contributed by atoms with van der Waals surface area (Å²) in [6, 6.07) is 0.379. The molecule has 1 aliphatic carbocycles. The quantitative estimate of drug-likeness (QED) is 0.621. The van der Waals surface area contributed by atoms with E-state index in [1.54, 1.807) is 0 Å². The summed E-state index contributed by atoms with van der Waals surface area (Å²) >= 11 is 0. The van der Waals surface area contributed by atoms with Crippen LogP contribution in [0.3, 0.4) is 0 Å². The summed E-state index contributed by atoms with van der Waals surface area (Å²) in [5.74, 6) is 0. The highest BCUT2D eigenvalue weighted by molar-refractivity contribution is 4.74. The molecular formula is C8H17NO2. The summed E-state index contributed by atoms with van der Waals surface area (Å²) < 4.78 is 5.37. The van der Waals surface area contributed by atoms with E-state index < -0.39 is 0 Å². The lowest BCUT2D eigenvalue weighted by Gasteiger charge is -2.25. The molecule has 3 nitrogen and oxygen atoms in total. The molecule has 0 aromatic heterocycles. The first kappa shape index (κ1) is 8.97. The van der Waals surface area contributed by atoms with Crippen molar-refractivity contribution in [2.75, 3.05) is 13.2 Å². The second kappa shape index (κ2) is 4.70. The molecule has 0 atom stereocenters. The van der Waals surface area contributed by atoms with Gasteiger partial charge in [-0.15, -0.1) is 0 Å². The molecule has 1 fully saturated rings. The molecule has 0 radical (unpaired) electrons. The Morgan fingerprint density at radius 1 is 1.27 bits per heavy atom. The number of nitrogens with two attached hydrogens (primary N) is 1. The topological polar surface area (TPSA) is 55.5 Å². The first-order chi connectivity index (χ1) is 5.33. The van der Waals surface area contributed by atoms with Crippen LogP contribution in [0.15, 0.2) is 0 Å². The highest BCUT2D eigenvalue weighted by Gasteiger charge is 2.18. The van der Waals surface area contributed by atoms with Crippen molar-refractivity contribution >= 4 is 0 Å². The van der Waals surface area contributed by atoms with Crippen LogP contribution in [0.1, 0.15) is 25.7 Å². The van der Waals surface area contributed by atoms with Crippen LogP contribution < -0.4 is 5.73 Å². The molecule has 11 heavy (non-hydrogen) atoms. The first-order valence-electron chi connectivity index (χ1n) is 4.31. The van der Waals surface area contributed by atoms with Crippen molar-refractivity contribution in [2.45, 2.75) is 37.8 Å². The maximum atomic E-state index is 8.50. The van der Waals surface area contributed by atoms with E-state index in [0.717, 1.165) is 25.7 Å². The monoisotopic (exact) mass is 159 g/mol. The van der Waals surface area contributed by atoms with Gasteiger partial charge < -0.3 is 15.6 Å². The Labute approximate surface area is 67.5 Å². The van der Waals surface area contributed by atoms with Gasteiger partial charge in [0.1, 0.15) is 0 Å². The molecule has 0 aromatic rings. The number of aliphatic hydroxyl groups excluding tert-OH is 1. The highest BCUT2D eigenvalue weighted by atomic mass is 16.5. The van der Waals surface area contributed by atoms with Crippen molar-refractivity contribution in [1.29, 1.82) is 0 Å². The molecule has 0 saturated heterocycles. The molecule has 0 amide bonds. The van der Waals surface area contributed by atoms with Crippen LogP contribution in [0.2, 0.25) is 0 Å². The van der Waals surface area contributed by atoms with E-state index >= 15 is 0 Å². The summed E-state index contributed by atoms with van der Waals surface area (Å²) in [7, 11) is 0. The summed E-state index contributed by atoms with van der Waals surface area (Å²) in [6.07, 6.45) is 4.59. The van der Waals surface area contributed by atoms with Crippen molar-refractivity contribution in [3.63, 3.8) is 0 Å². The molecule has 0 unspecified atom stereocenters. The Balaban J connectivity index is 2.07. The molecule has 0 bridgehead atoms. The minimum absolute atomic E-state index is 0.128. The summed E-state index contributed by atoms with van der Waals surface area (Å²) in [4.78, 5) is 0. The van der Waals surface area contributed by atoms with Gasteiger partial charge in [-0.1, -0.05) is 0 Å². The second-order valence-corrected chi connectivity index (χ2v) is 3.13. The molecule has 1 aliphatic rings. The molecule has 1 rings (SSSR count). The van der Waals surface area contributed by atoms with Crippen LogP contribution in [-0.2, 0) is 4.74 Å². The van der Waals surface area contributed by atoms with E-state index in [-0.39, 0.29) is 6.61 Å². The zero-order valence-electron chi connectivity index (χ0n) is 6.83. The molecule has 0 aromatic carbocycles. The first-order valence-corrected chi connectivity index (χ1v) is 4.31. The van der Waals surface area contributed by atoms with Crippen molar-refractivity contribution in [2.24, 2.45) is 5.73 Å². The predicted molar refractivity (Wildman–Crippen MR) is 43.3 cm³/mol. The van der Waals surface area contributed by atoms with E-state index in [9.17, 15) is 0 Å². The Morgan fingerprint density at radius 2 is 1.91 bits per heavy atom. The number of ether oxygens (including phenoxy) is 1. The average molecular weight is 159 g/mol. The van der Waals surface area contributed by atoms with Gasteiger partial charge in [-0.3, -0.25) is 0 Å². The molecular weight excluding hydrogens is 142 g/mol. The summed E-state index contributed by atoms with van der Waals surface area (Å²) in [5.41, 5.74) is 5.72. The van der Waals surface area contributed by atoms with E-state index in [1.807, 2.05) is 0 Å². The van der Waals surface area contributed by atoms with Gasteiger partial charge in [0.25, 0.3) is 0 Å². The fourth-order valence-corrected chi connectivity index (χ4v) is 1.47. The van der Waals surface area contributed by atoms with Gasteiger partial charge in [0.05, 0.1) is 19.3 Å². The van der Waals surface area contributed by atoms with E-state index in [2.05, 4.69) is 0 Å². The molecule has 0 spiro atoms. The predicted octanol–water partition coefficient (Wildman–Crippen LogP) is 0.265. The fraction of sp³-hybridized carbons (Fsp3) is 1.00. The standard InChI is InChI=1S/C8H17NO2/c9-7-1-3-8(4-2-7)11-6-5-10/h7-8,10H,1-6,9H2/t7-,8+. The lowest BCUT2D eigenvalue weighted by atomic mass is 9.94. The number of aliphatic hydroxyl groups is 1. The minimum Gasteiger partial charge on any atom is -0.394 e. The molecule has 1 saturated carbocycles. The average Bonchev–Trinajstić information content (AvgIpc) is 2.04. The van der Waals surface area contributed by atoms with E-state index in [1.165, 1.54) is 0 Å². The van der Waals surface area contributed by atoms with Crippen LogP contribution in [-0.4, -0.2) is 30.5 Å². The SMILES string of the molecule is N[C@H]1CC[C@@H](OCCO)CC1. The van der Waals surface area contributed by atoms with Gasteiger partial charge in [-0.2, -0.15) is 0 Å². The van der Waals surface area contributed by atoms with Crippen molar-refractivity contribution < 1.29 is 9.84 Å². The van der Waals surface area contributed by atoms with Crippen LogP contribution in [0.5, 0.6) is 0 Å². The third-order valence-corrected chi connectivity index (χ3v) is 2.16. The second-order valence-electron chi connectivity index (χ2n) is 3.13. The van der Waals surface area contributed by atoms with Crippen molar-refractivity contribution in [1.82, 2.24) is 0 Å². The van der Waals surface area contributed by atoms with Gasteiger partial charge >= 0.3 is 0 Å². The number of rotatable bonds is 3. The summed E-state index contributed by atoms with van der Waals surface area (Å²) in [6.45, 7) is 0.600. The van der Waals surface area contributed by atoms with Crippen LogP contribution in [0.4, 0.5) is 0 Å². The van der Waals surface area contributed by atoms with Crippen molar-refractivity contribution in [3.05, 3.63) is 0 Å².